The van der Waals surface area contributed by atoms with Crippen molar-refractivity contribution in [3.63, 3.8) is 0 Å². The van der Waals surface area contributed by atoms with Crippen LogP contribution in [-0.2, 0) is 4.79 Å². The fourth-order valence-corrected chi connectivity index (χ4v) is 3.92. The molecule has 3 aromatic rings. The van der Waals surface area contributed by atoms with E-state index in [0.717, 1.165) is 0 Å². The zero-order valence-electron chi connectivity index (χ0n) is 13.6. The van der Waals surface area contributed by atoms with E-state index in [9.17, 15) is 13.6 Å². The summed E-state index contributed by atoms with van der Waals surface area (Å²) in [6.45, 7) is 1.70. The van der Waals surface area contributed by atoms with Crippen molar-refractivity contribution in [2.24, 2.45) is 0 Å². The second kappa shape index (κ2) is 8.24. The Morgan fingerprint density at radius 2 is 1.96 bits per heavy atom. The third kappa shape index (κ3) is 4.77. The minimum atomic E-state index is -0.496. The van der Waals surface area contributed by atoms with E-state index >= 15 is 0 Å². The molecule has 2 N–H and O–H groups in total. The topological polar surface area (TPSA) is 66.9 Å². The van der Waals surface area contributed by atoms with E-state index in [2.05, 4.69) is 20.8 Å². The summed E-state index contributed by atoms with van der Waals surface area (Å²) in [4.78, 5) is 12.2. The molecule has 1 heterocycles. The Labute approximate surface area is 156 Å². The van der Waals surface area contributed by atoms with Gasteiger partial charge in [0.1, 0.15) is 11.6 Å². The SMILES string of the molecule is C[C@@H](Sc1nnc(Nc2cccc(F)c2)s1)C(=O)Nc1ccccc1F. The van der Waals surface area contributed by atoms with Crippen molar-refractivity contribution in [3.8, 4) is 0 Å². The highest BCUT2D eigenvalue weighted by atomic mass is 32.2. The number of carbonyl (C=O) groups excluding carboxylic acids is 1. The first-order valence-corrected chi connectivity index (χ1v) is 9.29. The molecule has 0 spiro atoms. The van der Waals surface area contributed by atoms with Gasteiger partial charge in [-0.2, -0.15) is 0 Å². The molecule has 0 aliphatic carbocycles. The van der Waals surface area contributed by atoms with Gasteiger partial charge in [-0.25, -0.2) is 8.78 Å². The van der Waals surface area contributed by atoms with Crippen LogP contribution < -0.4 is 10.6 Å². The van der Waals surface area contributed by atoms with Gasteiger partial charge in [0.2, 0.25) is 11.0 Å². The van der Waals surface area contributed by atoms with Gasteiger partial charge in [0.05, 0.1) is 10.9 Å². The van der Waals surface area contributed by atoms with Crippen molar-refractivity contribution < 1.29 is 13.6 Å². The molecule has 0 saturated heterocycles. The molecule has 0 radical (unpaired) electrons. The average molecular weight is 392 g/mol. The molecule has 9 heteroatoms. The first-order chi connectivity index (χ1) is 12.5. The molecule has 1 atom stereocenters. The maximum atomic E-state index is 13.6. The van der Waals surface area contributed by atoms with E-state index in [1.165, 1.54) is 47.4 Å². The number of amides is 1. The third-order valence-electron chi connectivity index (χ3n) is 3.26. The Kier molecular flexibility index (Phi) is 5.79. The van der Waals surface area contributed by atoms with Crippen molar-refractivity contribution in [3.05, 3.63) is 60.2 Å². The van der Waals surface area contributed by atoms with Gasteiger partial charge < -0.3 is 10.6 Å². The molecule has 0 bridgehead atoms. The number of hydrogen-bond acceptors (Lipinski definition) is 6. The minimum Gasteiger partial charge on any atom is -0.330 e. The number of nitrogens with zero attached hydrogens (tertiary/aromatic N) is 2. The Hall–Kier alpha value is -2.52. The van der Waals surface area contributed by atoms with E-state index in [-0.39, 0.29) is 17.4 Å². The van der Waals surface area contributed by atoms with Crippen LogP contribution in [-0.4, -0.2) is 21.4 Å². The van der Waals surface area contributed by atoms with E-state index in [4.69, 9.17) is 0 Å². The van der Waals surface area contributed by atoms with Crippen molar-refractivity contribution in [2.75, 3.05) is 10.6 Å². The van der Waals surface area contributed by atoms with Crippen LogP contribution in [0.2, 0.25) is 0 Å². The fourth-order valence-electron chi connectivity index (χ4n) is 2.00. The largest absolute Gasteiger partial charge is 0.330 e. The lowest BCUT2D eigenvalue weighted by molar-refractivity contribution is -0.115. The van der Waals surface area contributed by atoms with Crippen molar-refractivity contribution in [1.29, 1.82) is 0 Å². The smallest absolute Gasteiger partial charge is 0.237 e. The first kappa shape index (κ1) is 18.3. The highest BCUT2D eigenvalue weighted by Gasteiger charge is 2.18. The van der Waals surface area contributed by atoms with Gasteiger partial charge >= 0.3 is 0 Å². The van der Waals surface area contributed by atoms with Crippen LogP contribution in [0, 0.1) is 11.6 Å². The van der Waals surface area contributed by atoms with Crippen LogP contribution in [0.4, 0.5) is 25.3 Å². The number of benzene rings is 2. The lowest BCUT2D eigenvalue weighted by Gasteiger charge is -2.10. The predicted octanol–water partition coefficient (Wildman–Crippen LogP) is 4.68. The number of carbonyl (C=O) groups is 1. The van der Waals surface area contributed by atoms with Crippen LogP contribution in [0.1, 0.15) is 6.92 Å². The summed E-state index contributed by atoms with van der Waals surface area (Å²) in [5.74, 6) is -1.18. The maximum absolute atomic E-state index is 13.6. The number of thioether (sulfide) groups is 1. The molecule has 1 amide bonds. The zero-order valence-corrected chi connectivity index (χ0v) is 15.2. The standard InChI is InChI=1S/C17H14F2N4OS2/c1-10(15(24)21-14-8-3-2-7-13(14)19)25-17-23-22-16(26-17)20-12-6-4-5-11(18)9-12/h2-10H,1H3,(H,20,22)(H,21,24)/t10-/m1/s1. The molecule has 0 saturated carbocycles. The number of hydrogen-bond donors (Lipinski definition) is 2. The zero-order chi connectivity index (χ0) is 18.5. The number of aromatic nitrogens is 2. The van der Waals surface area contributed by atoms with Crippen molar-refractivity contribution in [1.82, 2.24) is 10.2 Å². The molecule has 1 aromatic heterocycles. The van der Waals surface area contributed by atoms with Crippen molar-refractivity contribution >= 4 is 45.5 Å². The molecule has 0 aliphatic rings. The molecular formula is C17H14F2N4OS2. The number of rotatable bonds is 6. The molecule has 0 unspecified atom stereocenters. The number of anilines is 3. The molecular weight excluding hydrogens is 378 g/mol. The normalized spacial score (nSPS) is 11.8. The van der Waals surface area contributed by atoms with Gasteiger partial charge in [0.25, 0.3) is 0 Å². The summed E-state index contributed by atoms with van der Waals surface area (Å²) < 4.78 is 27.4. The summed E-state index contributed by atoms with van der Waals surface area (Å²) in [6.07, 6.45) is 0. The maximum Gasteiger partial charge on any atom is 0.237 e. The highest BCUT2D eigenvalue weighted by Crippen LogP contribution is 2.31. The fraction of sp³-hybridized carbons (Fsp3) is 0.118. The van der Waals surface area contributed by atoms with E-state index in [1.807, 2.05) is 0 Å². The van der Waals surface area contributed by atoms with Crippen LogP contribution in [0.15, 0.2) is 52.9 Å². The lowest BCUT2D eigenvalue weighted by atomic mass is 10.3. The van der Waals surface area contributed by atoms with Gasteiger partial charge in [-0.05, 0) is 37.3 Å². The molecule has 0 fully saturated rings. The van der Waals surface area contributed by atoms with Crippen LogP contribution >= 0.6 is 23.1 Å². The van der Waals surface area contributed by atoms with Crippen molar-refractivity contribution in [2.45, 2.75) is 16.5 Å². The molecule has 0 aliphatic heterocycles. The van der Waals surface area contributed by atoms with E-state index in [0.29, 0.717) is 15.2 Å². The lowest BCUT2D eigenvalue weighted by Crippen LogP contribution is -2.22. The third-order valence-corrected chi connectivity index (χ3v) is 5.28. The summed E-state index contributed by atoms with van der Waals surface area (Å²) in [7, 11) is 0. The quantitative estimate of drug-likeness (QED) is 0.596. The molecule has 3 rings (SSSR count). The Bertz CT molecular complexity index is 919. The summed E-state index contributed by atoms with van der Waals surface area (Å²) in [6, 6.07) is 12.0. The van der Waals surface area contributed by atoms with Gasteiger partial charge in [-0.1, -0.05) is 41.3 Å². The van der Waals surface area contributed by atoms with E-state index in [1.54, 1.807) is 31.2 Å². The number of para-hydroxylation sites is 1. The van der Waals surface area contributed by atoms with E-state index < -0.39 is 11.1 Å². The molecule has 2 aromatic carbocycles. The van der Waals surface area contributed by atoms with Crippen LogP contribution in [0.25, 0.3) is 0 Å². The average Bonchev–Trinajstić information content (AvgIpc) is 3.03. The van der Waals surface area contributed by atoms with Gasteiger partial charge in [0.15, 0.2) is 4.34 Å². The number of halogens is 2. The van der Waals surface area contributed by atoms with Gasteiger partial charge in [-0.3, -0.25) is 4.79 Å². The Morgan fingerprint density at radius 3 is 2.73 bits per heavy atom. The monoisotopic (exact) mass is 392 g/mol. The Morgan fingerprint density at radius 1 is 1.15 bits per heavy atom. The second-order valence-electron chi connectivity index (χ2n) is 5.24. The van der Waals surface area contributed by atoms with Crippen LogP contribution in [0.3, 0.4) is 0 Å². The molecule has 5 nitrogen and oxygen atoms in total. The highest BCUT2D eigenvalue weighted by molar-refractivity contribution is 8.02. The van der Waals surface area contributed by atoms with Crippen LogP contribution in [0.5, 0.6) is 0 Å². The predicted molar refractivity (Wildman–Crippen MR) is 99.9 cm³/mol. The first-order valence-electron chi connectivity index (χ1n) is 7.59. The van der Waals surface area contributed by atoms with Gasteiger partial charge in [-0.15, -0.1) is 10.2 Å². The summed E-state index contributed by atoms with van der Waals surface area (Å²) >= 11 is 2.45. The van der Waals surface area contributed by atoms with Gasteiger partial charge in [0, 0.05) is 5.69 Å². The molecule has 26 heavy (non-hydrogen) atoms. The Balaban J connectivity index is 1.59. The molecule has 134 valence electrons. The summed E-state index contributed by atoms with van der Waals surface area (Å²) in [5, 5.41) is 13.5. The number of nitrogens with one attached hydrogen (secondary N) is 2. The second-order valence-corrected chi connectivity index (χ2v) is 7.80. The minimum absolute atomic E-state index is 0.135. The summed E-state index contributed by atoms with van der Waals surface area (Å²) in [5.41, 5.74) is 0.693.